The molecule has 0 atom stereocenters. The van der Waals surface area contributed by atoms with Crippen LogP contribution in [0.15, 0.2) is 90.2 Å². The van der Waals surface area contributed by atoms with Crippen LogP contribution in [0.5, 0.6) is 11.5 Å². The molecule has 0 N–H and O–H groups in total. The number of fused-ring (bicyclic) bond motifs is 2. The van der Waals surface area contributed by atoms with E-state index in [1.54, 1.807) is 13.0 Å². The molecule has 6 heterocycles. The Hall–Kier alpha value is -4.77. The Bertz CT molecular complexity index is 1970. The molecule has 259 valence electrons. The van der Waals surface area contributed by atoms with E-state index in [4.69, 9.17) is 9.47 Å². The van der Waals surface area contributed by atoms with Crippen LogP contribution >= 0.6 is 0 Å². The minimum atomic E-state index is -1.59. The van der Waals surface area contributed by atoms with Gasteiger partial charge in [-0.25, -0.2) is 0 Å². The fourth-order valence-electron chi connectivity index (χ4n) is 4.75. The molecule has 5 aromatic heterocycles. The van der Waals surface area contributed by atoms with Gasteiger partial charge in [-0.2, -0.15) is 5.10 Å². The van der Waals surface area contributed by atoms with Crippen LogP contribution in [0.3, 0.4) is 0 Å². The summed E-state index contributed by atoms with van der Waals surface area (Å²) in [6.45, 7) is 10.5. The Kier molecular flexibility index (Phi) is 15.6. The van der Waals surface area contributed by atoms with Gasteiger partial charge in [0.2, 0.25) is 12.2 Å². The number of hydrogen-bond acceptors (Lipinski definition) is 10. The zero-order chi connectivity index (χ0) is 33.5. The molecule has 0 bridgehead atoms. The Balaban J connectivity index is 0.000000257. The molecule has 1 aromatic carbocycles. The van der Waals surface area contributed by atoms with Gasteiger partial charge in [-0.15, -0.1) is 0 Å². The Morgan fingerprint density at radius 1 is 0.700 bits per heavy atom. The maximum absolute atomic E-state index is 12.0. The second-order valence-corrected chi connectivity index (χ2v) is 10.9. The first-order valence-electron chi connectivity index (χ1n) is 14.9. The summed E-state index contributed by atoms with van der Waals surface area (Å²) in [5.74, 6) is -0.661. The van der Waals surface area contributed by atoms with E-state index in [1.807, 2.05) is 73.3 Å². The number of pyridine rings is 4. The smallest absolute Gasteiger partial charge is 1.00 e. The standard InChI is InChI=1S/C12H10N2O5.2C12H12N2.2ClH.Ru/c1-2-14-7-4-9-8(18-5-19-9)3-6(7)11(15)10(13-14)12(16)17;2*1-9-3-5-13-11(7-9)12-8-10(2)4-6-14-12;;;/h3-4H,2,5H2,1H3,(H,16,17);2*3-8H,1-2H3;2*1H;/q;;;;;+3/p-3. The topological polar surface area (TPSA) is 145 Å². The molecule has 0 unspecified atom stereocenters. The van der Waals surface area contributed by atoms with Crippen molar-refractivity contribution in [2.75, 3.05) is 6.79 Å². The number of ether oxygens (including phenoxy) is 2. The third-order valence-corrected chi connectivity index (χ3v) is 7.13. The van der Waals surface area contributed by atoms with Crippen LogP contribution in [0, 0.1) is 27.7 Å². The molecule has 0 spiro atoms. The Morgan fingerprint density at radius 2 is 1.08 bits per heavy atom. The summed E-state index contributed by atoms with van der Waals surface area (Å²) < 4.78 is 11.8. The zero-order valence-corrected chi connectivity index (χ0v) is 31.1. The molecule has 7 rings (SSSR count). The van der Waals surface area contributed by atoms with Crippen molar-refractivity contribution in [2.45, 2.75) is 41.2 Å². The second kappa shape index (κ2) is 18.8. The number of aromatic carboxylic acids is 1. The molecule has 0 saturated carbocycles. The number of carbonyl (C=O) groups is 1. The Morgan fingerprint density at radius 3 is 1.42 bits per heavy atom. The van der Waals surface area contributed by atoms with E-state index in [9.17, 15) is 14.7 Å². The van der Waals surface area contributed by atoms with Crippen LogP contribution in [-0.4, -0.2) is 42.5 Å². The summed E-state index contributed by atoms with van der Waals surface area (Å²) in [5, 5.41) is 14.9. The molecule has 1 aliphatic rings. The van der Waals surface area contributed by atoms with Crippen molar-refractivity contribution >= 4 is 16.9 Å². The first-order chi connectivity index (χ1) is 22.6. The average Bonchev–Trinajstić information content (AvgIpc) is 3.53. The van der Waals surface area contributed by atoms with Crippen LogP contribution in [0.2, 0.25) is 0 Å². The second-order valence-electron chi connectivity index (χ2n) is 10.9. The van der Waals surface area contributed by atoms with E-state index in [2.05, 4.69) is 52.7 Å². The van der Waals surface area contributed by atoms with Crippen LogP contribution in [-0.2, 0) is 26.0 Å². The van der Waals surface area contributed by atoms with Gasteiger partial charge in [0.1, 0.15) is 0 Å². The summed E-state index contributed by atoms with van der Waals surface area (Å²) >= 11 is 0. The van der Waals surface area contributed by atoms with E-state index >= 15 is 0 Å². The third-order valence-electron chi connectivity index (χ3n) is 7.13. The van der Waals surface area contributed by atoms with E-state index in [-0.39, 0.29) is 56.5 Å². The molecule has 6 aromatic rings. The van der Waals surface area contributed by atoms with Crippen molar-refractivity contribution in [1.29, 1.82) is 0 Å². The fraction of sp³-hybridized carbons (Fsp3) is 0.194. The van der Waals surface area contributed by atoms with Gasteiger partial charge >= 0.3 is 19.5 Å². The van der Waals surface area contributed by atoms with Crippen LogP contribution < -0.4 is 44.8 Å². The molecule has 1 aliphatic heterocycles. The summed E-state index contributed by atoms with van der Waals surface area (Å²) in [6.07, 6.45) is 7.26. The van der Waals surface area contributed by atoms with Crippen molar-refractivity contribution in [3.05, 3.63) is 124 Å². The average molecular weight is 802 g/mol. The predicted octanol–water partition coefficient (Wildman–Crippen LogP) is -0.965. The largest absolute Gasteiger partial charge is 3.00 e. The number of benzene rings is 1. The quantitative estimate of drug-likeness (QED) is 0.205. The number of carbonyl (C=O) groups excluding carboxylic acids is 1. The summed E-state index contributed by atoms with van der Waals surface area (Å²) in [7, 11) is 0. The van der Waals surface area contributed by atoms with Gasteiger partial charge in [-0.05, 0) is 111 Å². The monoisotopic (exact) mass is 801 g/mol. The molecule has 0 aliphatic carbocycles. The molecular weight excluding hydrogens is 768 g/mol. The maximum Gasteiger partial charge on any atom is 3.00 e. The number of hydrogen-bond donors (Lipinski definition) is 0. The summed E-state index contributed by atoms with van der Waals surface area (Å²) in [4.78, 5) is 40.1. The van der Waals surface area contributed by atoms with Gasteiger partial charge in [-0.1, -0.05) is 0 Å². The number of rotatable bonds is 4. The van der Waals surface area contributed by atoms with Gasteiger partial charge in [0.05, 0.1) is 39.6 Å². The number of aryl methyl sites for hydroxylation is 5. The molecule has 0 saturated heterocycles. The molecule has 50 heavy (non-hydrogen) atoms. The third kappa shape index (κ3) is 10.1. The van der Waals surface area contributed by atoms with Crippen molar-refractivity contribution in [3.8, 4) is 34.3 Å². The molecular formula is C36H33Cl2N6O5Ru. The van der Waals surface area contributed by atoms with E-state index in [0.717, 1.165) is 22.8 Å². The summed E-state index contributed by atoms with van der Waals surface area (Å²) in [6, 6.07) is 19.2. The summed E-state index contributed by atoms with van der Waals surface area (Å²) in [5.41, 5.74) is 7.80. The maximum atomic E-state index is 12.0. The number of nitrogens with zero attached hydrogens (tertiary/aromatic N) is 6. The van der Waals surface area contributed by atoms with Gasteiger partial charge in [-0.3, -0.25) is 29.4 Å². The van der Waals surface area contributed by atoms with Crippen LogP contribution in [0.1, 0.15) is 39.7 Å². The van der Waals surface area contributed by atoms with Gasteiger partial charge < -0.3 is 44.2 Å². The zero-order valence-electron chi connectivity index (χ0n) is 27.8. The molecule has 0 fully saturated rings. The van der Waals surface area contributed by atoms with Gasteiger partial charge in [0, 0.05) is 37.4 Å². The first-order valence-corrected chi connectivity index (χ1v) is 14.9. The molecule has 0 amide bonds. The van der Waals surface area contributed by atoms with Crippen LogP contribution in [0.4, 0.5) is 0 Å². The van der Waals surface area contributed by atoms with E-state index < -0.39 is 17.1 Å². The van der Waals surface area contributed by atoms with Crippen molar-refractivity contribution in [1.82, 2.24) is 29.7 Å². The number of aromatic nitrogens is 6. The van der Waals surface area contributed by atoms with Crippen molar-refractivity contribution in [3.63, 3.8) is 0 Å². The molecule has 11 nitrogen and oxygen atoms in total. The minimum Gasteiger partial charge on any atom is -1.00 e. The predicted molar refractivity (Wildman–Crippen MR) is 176 cm³/mol. The van der Waals surface area contributed by atoms with E-state index in [1.165, 1.54) is 33.0 Å². The van der Waals surface area contributed by atoms with Crippen molar-refractivity contribution < 1.29 is 63.7 Å². The van der Waals surface area contributed by atoms with Gasteiger partial charge in [0.15, 0.2) is 17.2 Å². The number of halogens is 2. The Labute approximate surface area is 314 Å². The van der Waals surface area contributed by atoms with Gasteiger partial charge in [0.25, 0.3) is 0 Å². The molecule has 1 radical (unpaired) electrons. The minimum absolute atomic E-state index is 0. The molecule has 14 heteroatoms. The van der Waals surface area contributed by atoms with Crippen LogP contribution in [0.25, 0.3) is 33.7 Å². The van der Waals surface area contributed by atoms with E-state index in [0.29, 0.717) is 23.6 Å². The van der Waals surface area contributed by atoms with Crippen molar-refractivity contribution in [2.24, 2.45) is 0 Å². The number of carboxylic acid groups (broad SMARTS) is 1. The number of carboxylic acids is 1. The first kappa shape index (κ1) is 41.4. The SMILES string of the molecule is CCn1nc(C(=O)[O-])c(=O)c2cc3c(cc21)OCO3.Cc1ccnc(-c2cc(C)ccn2)c1.Cc1ccnc(-c2cc(C)ccn2)c1.[Cl-].[Cl-].[Ru+3]. The fourth-order valence-corrected chi connectivity index (χ4v) is 4.75. The normalized spacial score (nSPS) is 10.6.